The van der Waals surface area contributed by atoms with Gasteiger partial charge in [-0.1, -0.05) is 11.6 Å². The van der Waals surface area contributed by atoms with Crippen LogP contribution in [0.5, 0.6) is 5.75 Å². The Hall–Kier alpha value is -0.970. The van der Waals surface area contributed by atoms with Gasteiger partial charge in [-0.3, -0.25) is 4.79 Å². The first-order valence-corrected chi connectivity index (χ1v) is 5.93. The minimum absolute atomic E-state index is 0. The van der Waals surface area contributed by atoms with Crippen molar-refractivity contribution in [1.29, 1.82) is 0 Å². The van der Waals surface area contributed by atoms with Gasteiger partial charge in [-0.05, 0) is 18.2 Å². The van der Waals surface area contributed by atoms with E-state index in [-0.39, 0.29) is 18.3 Å². The Morgan fingerprint density at radius 2 is 2.06 bits per heavy atom. The van der Waals surface area contributed by atoms with Crippen LogP contribution < -0.4 is 10.1 Å². The van der Waals surface area contributed by atoms with E-state index in [9.17, 15) is 4.79 Å². The number of carbonyl (C=O) groups is 1. The molecule has 1 heterocycles. The lowest BCUT2D eigenvalue weighted by molar-refractivity contribution is 0.0732. The van der Waals surface area contributed by atoms with Crippen LogP contribution >= 0.6 is 24.0 Å². The van der Waals surface area contributed by atoms with E-state index in [1.165, 1.54) is 0 Å². The molecule has 1 saturated heterocycles. The first kappa shape index (κ1) is 15.1. The summed E-state index contributed by atoms with van der Waals surface area (Å²) in [4.78, 5) is 14.1. The Kier molecular flexibility index (Phi) is 5.72. The summed E-state index contributed by atoms with van der Waals surface area (Å²) in [5.41, 5.74) is 0.568. The van der Waals surface area contributed by atoms with Crippen LogP contribution in [0.1, 0.15) is 10.4 Å². The number of rotatable bonds is 2. The highest BCUT2D eigenvalue weighted by Crippen LogP contribution is 2.24. The maximum absolute atomic E-state index is 12.3. The normalized spacial score (nSPS) is 14.9. The Bertz CT molecular complexity index is 421. The van der Waals surface area contributed by atoms with Crippen molar-refractivity contribution in [3.63, 3.8) is 0 Å². The molecule has 1 aliphatic heterocycles. The van der Waals surface area contributed by atoms with E-state index in [0.29, 0.717) is 16.3 Å². The Morgan fingerprint density at radius 3 is 2.67 bits per heavy atom. The van der Waals surface area contributed by atoms with Crippen molar-refractivity contribution in [2.75, 3.05) is 33.3 Å². The van der Waals surface area contributed by atoms with Gasteiger partial charge in [-0.2, -0.15) is 0 Å². The average molecular weight is 291 g/mol. The van der Waals surface area contributed by atoms with E-state index >= 15 is 0 Å². The summed E-state index contributed by atoms with van der Waals surface area (Å²) in [5.74, 6) is 0.529. The van der Waals surface area contributed by atoms with Crippen molar-refractivity contribution in [2.24, 2.45) is 0 Å². The fraction of sp³-hybridized carbons (Fsp3) is 0.417. The molecule has 100 valence electrons. The van der Waals surface area contributed by atoms with Crippen LogP contribution in [-0.2, 0) is 0 Å². The molecule has 1 N–H and O–H groups in total. The molecule has 1 amide bonds. The van der Waals surface area contributed by atoms with Crippen LogP contribution in [0.15, 0.2) is 18.2 Å². The van der Waals surface area contributed by atoms with E-state index in [4.69, 9.17) is 16.3 Å². The van der Waals surface area contributed by atoms with Crippen molar-refractivity contribution in [2.45, 2.75) is 0 Å². The van der Waals surface area contributed by atoms with Crippen molar-refractivity contribution in [3.8, 4) is 5.75 Å². The zero-order chi connectivity index (χ0) is 12.3. The van der Waals surface area contributed by atoms with Crippen LogP contribution in [0.25, 0.3) is 0 Å². The van der Waals surface area contributed by atoms with E-state index < -0.39 is 0 Å². The zero-order valence-corrected chi connectivity index (χ0v) is 11.7. The second-order valence-corrected chi connectivity index (χ2v) is 4.32. The molecule has 0 bridgehead atoms. The van der Waals surface area contributed by atoms with Crippen molar-refractivity contribution < 1.29 is 9.53 Å². The fourth-order valence-electron chi connectivity index (χ4n) is 1.88. The third-order valence-electron chi connectivity index (χ3n) is 2.80. The molecule has 0 saturated carbocycles. The maximum Gasteiger partial charge on any atom is 0.257 e. The number of methoxy groups -OCH3 is 1. The molecule has 0 aliphatic carbocycles. The van der Waals surface area contributed by atoms with Crippen molar-refractivity contribution in [1.82, 2.24) is 10.2 Å². The first-order chi connectivity index (χ1) is 8.22. The summed E-state index contributed by atoms with van der Waals surface area (Å²) in [7, 11) is 1.54. The Morgan fingerprint density at radius 1 is 1.39 bits per heavy atom. The lowest BCUT2D eigenvalue weighted by atomic mass is 10.1. The second-order valence-electron chi connectivity index (χ2n) is 3.89. The summed E-state index contributed by atoms with van der Waals surface area (Å²) in [5, 5.41) is 3.78. The molecule has 4 nitrogen and oxygen atoms in total. The molecule has 0 radical (unpaired) electrons. The lowest BCUT2D eigenvalue weighted by Gasteiger charge is -2.28. The number of carbonyl (C=O) groups excluding carboxylic acids is 1. The second kappa shape index (κ2) is 6.83. The summed E-state index contributed by atoms with van der Waals surface area (Å²) < 4.78 is 5.19. The summed E-state index contributed by atoms with van der Waals surface area (Å²) >= 11 is 5.87. The highest BCUT2D eigenvalue weighted by atomic mass is 35.5. The molecule has 0 unspecified atom stereocenters. The van der Waals surface area contributed by atoms with Gasteiger partial charge in [-0.25, -0.2) is 0 Å². The molecule has 0 spiro atoms. The van der Waals surface area contributed by atoms with Gasteiger partial charge >= 0.3 is 0 Å². The molecule has 1 aliphatic rings. The first-order valence-electron chi connectivity index (χ1n) is 5.56. The monoisotopic (exact) mass is 290 g/mol. The predicted octanol–water partition coefficient (Wildman–Crippen LogP) is 1.82. The van der Waals surface area contributed by atoms with Gasteiger partial charge in [0.2, 0.25) is 0 Å². The Labute approximate surface area is 118 Å². The van der Waals surface area contributed by atoms with Gasteiger partial charge in [-0.15, -0.1) is 12.4 Å². The lowest BCUT2D eigenvalue weighted by Crippen LogP contribution is -2.46. The minimum atomic E-state index is 0. The molecular weight excluding hydrogens is 275 g/mol. The standard InChI is InChI=1S/C12H15ClN2O2.ClH/c1-17-11-8-9(13)2-3-10(11)12(16)15-6-4-14-5-7-15;/h2-3,8,14H,4-7H2,1H3;1H. The largest absolute Gasteiger partial charge is 0.496 e. The van der Waals surface area contributed by atoms with Gasteiger partial charge in [0.25, 0.3) is 5.91 Å². The average Bonchev–Trinajstić information content (AvgIpc) is 2.39. The molecule has 0 atom stereocenters. The van der Waals surface area contributed by atoms with Crippen LogP contribution in [0.3, 0.4) is 0 Å². The van der Waals surface area contributed by atoms with Crippen molar-refractivity contribution >= 4 is 29.9 Å². The van der Waals surface area contributed by atoms with E-state index in [1.54, 1.807) is 25.3 Å². The third-order valence-corrected chi connectivity index (χ3v) is 3.03. The SMILES string of the molecule is COc1cc(Cl)ccc1C(=O)N1CCNCC1.Cl. The molecule has 18 heavy (non-hydrogen) atoms. The number of halogens is 2. The van der Waals surface area contributed by atoms with E-state index in [1.807, 2.05) is 4.90 Å². The maximum atomic E-state index is 12.3. The highest BCUT2D eigenvalue weighted by molar-refractivity contribution is 6.30. The smallest absolute Gasteiger partial charge is 0.257 e. The van der Waals surface area contributed by atoms with E-state index in [2.05, 4.69) is 5.32 Å². The van der Waals surface area contributed by atoms with Gasteiger partial charge in [0.05, 0.1) is 12.7 Å². The van der Waals surface area contributed by atoms with Crippen LogP contribution in [0.2, 0.25) is 5.02 Å². The summed E-state index contributed by atoms with van der Waals surface area (Å²) in [6, 6.07) is 5.09. The number of hydrogen-bond acceptors (Lipinski definition) is 3. The number of nitrogens with zero attached hydrogens (tertiary/aromatic N) is 1. The molecule has 2 rings (SSSR count). The topological polar surface area (TPSA) is 41.6 Å². The zero-order valence-electron chi connectivity index (χ0n) is 10.1. The highest BCUT2D eigenvalue weighted by Gasteiger charge is 2.21. The Balaban J connectivity index is 0.00000162. The third kappa shape index (κ3) is 3.28. The number of ether oxygens (including phenoxy) is 1. The van der Waals surface area contributed by atoms with E-state index in [0.717, 1.165) is 26.2 Å². The number of hydrogen-bond donors (Lipinski definition) is 1. The molecular formula is C12H16Cl2N2O2. The molecule has 6 heteroatoms. The quantitative estimate of drug-likeness (QED) is 0.903. The van der Waals surface area contributed by atoms with Gasteiger partial charge in [0, 0.05) is 31.2 Å². The number of amides is 1. The molecule has 1 fully saturated rings. The predicted molar refractivity (Wildman–Crippen MR) is 74.0 cm³/mol. The van der Waals surface area contributed by atoms with Crippen LogP contribution in [0, 0.1) is 0 Å². The minimum Gasteiger partial charge on any atom is -0.496 e. The van der Waals surface area contributed by atoms with Gasteiger partial charge in [0.1, 0.15) is 5.75 Å². The molecule has 1 aromatic rings. The van der Waals surface area contributed by atoms with Crippen molar-refractivity contribution in [3.05, 3.63) is 28.8 Å². The molecule has 0 aromatic heterocycles. The van der Waals surface area contributed by atoms with Gasteiger partial charge in [0.15, 0.2) is 0 Å². The van der Waals surface area contributed by atoms with Crippen LogP contribution in [0.4, 0.5) is 0 Å². The number of nitrogens with one attached hydrogen (secondary N) is 1. The molecule has 1 aromatic carbocycles. The number of benzene rings is 1. The number of piperazine rings is 1. The van der Waals surface area contributed by atoms with Gasteiger partial charge < -0.3 is 15.0 Å². The summed E-state index contributed by atoms with van der Waals surface area (Å²) in [6.45, 7) is 3.12. The summed E-state index contributed by atoms with van der Waals surface area (Å²) in [6.07, 6.45) is 0. The van der Waals surface area contributed by atoms with Crippen LogP contribution in [-0.4, -0.2) is 44.1 Å². The fourth-order valence-corrected chi connectivity index (χ4v) is 2.04.